The van der Waals surface area contributed by atoms with Gasteiger partial charge in [-0.25, -0.2) is 4.79 Å². The highest BCUT2D eigenvalue weighted by Gasteiger charge is 2.32. The molecule has 21 heavy (non-hydrogen) atoms. The zero-order chi connectivity index (χ0) is 15.6. The fourth-order valence-electron chi connectivity index (χ4n) is 3.38. The van der Waals surface area contributed by atoms with E-state index in [4.69, 9.17) is 4.74 Å². The van der Waals surface area contributed by atoms with Gasteiger partial charge in [0.25, 0.3) is 0 Å². The van der Waals surface area contributed by atoms with Gasteiger partial charge in [0.15, 0.2) is 0 Å². The molecule has 3 heteroatoms. The van der Waals surface area contributed by atoms with E-state index >= 15 is 0 Å². The van der Waals surface area contributed by atoms with Gasteiger partial charge >= 0.3 is 5.97 Å². The van der Waals surface area contributed by atoms with E-state index in [0.717, 1.165) is 5.69 Å². The third-order valence-electron chi connectivity index (χ3n) is 4.69. The molecule has 0 amide bonds. The Hall–Kier alpha value is -1.51. The van der Waals surface area contributed by atoms with Crippen LogP contribution in [-0.4, -0.2) is 19.1 Å². The van der Waals surface area contributed by atoms with Crippen LogP contribution in [0.25, 0.3) is 0 Å². The second kappa shape index (κ2) is 6.08. The van der Waals surface area contributed by atoms with Crippen LogP contribution >= 0.6 is 0 Å². The van der Waals surface area contributed by atoms with Gasteiger partial charge in [0.1, 0.15) is 0 Å². The number of hydrogen-bond donors (Lipinski definition) is 1. The predicted octanol–water partition coefficient (Wildman–Crippen LogP) is 4.41. The molecule has 2 rings (SSSR count). The number of nitrogens with one attached hydrogen (secondary N) is 1. The maximum atomic E-state index is 11.7. The fraction of sp³-hybridized carbons (Fsp3) is 0.611. The Kier molecular flexibility index (Phi) is 4.60. The normalized spacial score (nSPS) is 24.4. The Labute approximate surface area is 128 Å². The molecule has 1 aliphatic rings. The van der Waals surface area contributed by atoms with Crippen molar-refractivity contribution >= 4 is 11.7 Å². The maximum absolute atomic E-state index is 11.7. The van der Waals surface area contributed by atoms with Crippen molar-refractivity contribution in [3.05, 3.63) is 29.3 Å². The average Bonchev–Trinajstić information content (AvgIpc) is 2.42. The molecular weight excluding hydrogens is 262 g/mol. The highest BCUT2D eigenvalue weighted by molar-refractivity contribution is 5.90. The number of hydrogen-bond acceptors (Lipinski definition) is 3. The minimum atomic E-state index is -0.282. The van der Waals surface area contributed by atoms with Gasteiger partial charge in [-0.1, -0.05) is 26.8 Å². The van der Waals surface area contributed by atoms with Crippen LogP contribution in [0.2, 0.25) is 0 Å². The minimum Gasteiger partial charge on any atom is -0.465 e. The second-order valence-electron chi connectivity index (χ2n) is 7.16. The summed E-state index contributed by atoms with van der Waals surface area (Å²) >= 11 is 0. The molecule has 0 heterocycles. The molecule has 1 aromatic carbocycles. The molecule has 0 saturated heterocycles. The average molecular weight is 289 g/mol. The molecule has 1 saturated carbocycles. The molecule has 0 aliphatic heterocycles. The molecule has 1 aliphatic carbocycles. The van der Waals surface area contributed by atoms with Crippen molar-refractivity contribution in [1.82, 2.24) is 0 Å². The van der Waals surface area contributed by atoms with Crippen LogP contribution in [0.3, 0.4) is 0 Å². The van der Waals surface area contributed by atoms with Gasteiger partial charge in [-0.3, -0.25) is 0 Å². The number of aryl methyl sites for hydroxylation is 1. The molecule has 0 radical (unpaired) electrons. The first-order valence-corrected chi connectivity index (χ1v) is 7.78. The quantitative estimate of drug-likeness (QED) is 0.838. The van der Waals surface area contributed by atoms with E-state index in [9.17, 15) is 4.79 Å². The van der Waals surface area contributed by atoms with E-state index < -0.39 is 0 Å². The monoisotopic (exact) mass is 289 g/mol. The molecule has 116 valence electrons. The summed E-state index contributed by atoms with van der Waals surface area (Å²) in [5, 5.41) is 3.65. The van der Waals surface area contributed by atoms with Crippen molar-refractivity contribution in [2.75, 3.05) is 12.4 Å². The van der Waals surface area contributed by atoms with Gasteiger partial charge in [0.05, 0.1) is 12.7 Å². The summed E-state index contributed by atoms with van der Waals surface area (Å²) in [7, 11) is 1.42. The lowest BCUT2D eigenvalue weighted by Gasteiger charge is -2.40. The lowest BCUT2D eigenvalue weighted by atomic mass is 9.70. The molecule has 2 atom stereocenters. The third kappa shape index (κ3) is 3.78. The molecule has 0 bridgehead atoms. The van der Waals surface area contributed by atoms with Crippen LogP contribution in [0.5, 0.6) is 0 Å². The Morgan fingerprint density at radius 1 is 1.38 bits per heavy atom. The maximum Gasteiger partial charge on any atom is 0.337 e. The number of carbonyl (C=O) groups is 1. The van der Waals surface area contributed by atoms with Crippen LogP contribution in [0.15, 0.2) is 18.2 Å². The standard InChI is InChI=1S/C18H27NO2/c1-12-6-7-14(17(20)21-5)10-16(12)19-15-8-9-18(3,4)11-13(15)2/h6-7,10,13,15,19H,8-9,11H2,1-5H3. The molecule has 2 unspecified atom stereocenters. The molecule has 0 aromatic heterocycles. The summed E-state index contributed by atoms with van der Waals surface area (Å²) < 4.78 is 4.80. The first-order valence-electron chi connectivity index (χ1n) is 7.78. The summed E-state index contributed by atoms with van der Waals surface area (Å²) in [6.07, 6.45) is 3.65. The fourth-order valence-corrected chi connectivity index (χ4v) is 3.38. The number of benzene rings is 1. The SMILES string of the molecule is COC(=O)c1ccc(C)c(NC2CCC(C)(C)CC2C)c1. The Morgan fingerprint density at radius 2 is 2.10 bits per heavy atom. The lowest BCUT2D eigenvalue weighted by molar-refractivity contribution is 0.0601. The largest absolute Gasteiger partial charge is 0.465 e. The predicted molar refractivity (Wildman–Crippen MR) is 86.7 cm³/mol. The summed E-state index contributed by atoms with van der Waals surface area (Å²) in [6.45, 7) is 9.09. The van der Waals surface area contributed by atoms with Crippen molar-refractivity contribution in [3.8, 4) is 0 Å². The Morgan fingerprint density at radius 3 is 2.71 bits per heavy atom. The summed E-state index contributed by atoms with van der Waals surface area (Å²) in [6, 6.07) is 6.18. The lowest BCUT2D eigenvalue weighted by Crippen LogP contribution is -2.37. The van der Waals surface area contributed by atoms with E-state index in [1.54, 1.807) is 0 Å². The number of anilines is 1. The van der Waals surface area contributed by atoms with E-state index in [1.807, 2.05) is 18.2 Å². The number of rotatable bonds is 3. The number of methoxy groups -OCH3 is 1. The molecule has 3 nitrogen and oxygen atoms in total. The zero-order valence-electron chi connectivity index (χ0n) is 13.8. The van der Waals surface area contributed by atoms with E-state index in [1.165, 1.54) is 31.9 Å². The van der Waals surface area contributed by atoms with E-state index in [2.05, 4.69) is 33.0 Å². The summed E-state index contributed by atoms with van der Waals surface area (Å²) in [4.78, 5) is 11.7. The van der Waals surface area contributed by atoms with E-state index in [0.29, 0.717) is 22.9 Å². The van der Waals surface area contributed by atoms with Gasteiger partial charge in [-0.2, -0.15) is 0 Å². The van der Waals surface area contributed by atoms with Crippen molar-refractivity contribution in [2.45, 2.75) is 53.0 Å². The zero-order valence-corrected chi connectivity index (χ0v) is 13.8. The Balaban J connectivity index is 2.14. The first kappa shape index (κ1) is 15.9. The van der Waals surface area contributed by atoms with Gasteiger partial charge in [-0.15, -0.1) is 0 Å². The van der Waals surface area contributed by atoms with Gasteiger partial charge < -0.3 is 10.1 Å². The van der Waals surface area contributed by atoms with Gasteiger partial charge in [-0.05, 0) is 55.2 Å². The molecular formula is C18H27NO2. The van der Waals surface area contributed by atoms with Crippen molar-refractivity contribution in [1.29, 1.82) is 0 Å². The van der Waals surface area contributed by atoms with E-state index in [-0.39, 0.29) is 5.97 Å². The summed E-state index contributed by atoms with van der Waals surface area (Å²) in [5.74, 6) is 0.353. The van der Waals surface area contributed by atoms with Crippen LogP contribution in [0.1, 0.15) is 56.0 Å². The minimum absolute atomic E-state index is 0.282. The smallest absolute Gasteiger partial charge is 0.337 e. The van der Waals surface area contributed by atoms with Crippen molar-refractivity contribution in [3.63, 3.8) is 0 Å². The second-order valence-corrected chi connectivity index (χ2v) is 7.16. The van der Waals surface area contributed by atoms with Crippen LogP contribution in [0.4, 0.5) is 5.69 Å². The van der Waals surface area contributed by atoms with Crippen LogP contribution < -0.4 is 5.32 Å². The van der Waals surface area contributed by atoms with Gasteiger partial charge in [0, 0.05) is 11.7 Å². The number of ether oxygens (including phenoxy) is 1. The highest BCUT2D eigenvalue weighted by Crippen LogP contribution is 2.39. The van der Waals surface area contributed by atoms with Crippen LogP contribution in [-0.2, 0) is 4.74 Å². The molecule has 1 aromatic rings. The third-order valence-corrected chi connectivity index (χ3v) is 4.69. The first-order chi connectivity index (χ1) is 9.82. The number of carbonyl (C=O) groups excluding carboxylic acids is 1. The molecule has 0 spiro atoms. The Bertz CT molecular complexity index is 522. The number of esters is 1. The molecule has 1 fully saturated rings. The molecule has 1 N–H and O–H groups in total. The summed E-state index contributed by atoms with van der Waals surface area (Å²) in [5.41, 5.74) is 3.27. The highest BCUT2D eigenvalue weighted by atomic mass is 16.5. The van der Waals surface area contributed by atoms with Gasteiger partial charge in [0.2, 0.25) is 0 Å². The van der Waals surface area contributed by atoms with Crippen molar-refractivity contribution < 1.29 is 9.53 Å². The topological polar surface area (TPSA) is 38.3 Å². The van der Waals surface area contributed by atoms with Crippen molar-refractivity contribution in [2.24, 2.45) is 11.3 Å². The van der Waals surface area contributed by atoms with Crippen LogP contribution in [0, 0.1) is 18.3 Å².